The van der Waals surface area contributed by atoms with Crippen LogP contribution in [0, 0.1) is 5.92 Å². The predicted molar refractivity (Wildman–Crippen MR) is 85.9 cm³/mol. The maximum Gasteiger partial charge on any atom is 0.223 e. The summed E-state index contributed by atoms with van der Waals surface area (Å²) in [6, 6.07) is 5.88. The first-order valence-corrected chi connectivity index (χ1v) is 7.97. The average Bonchev–Trinajstić information content (AvgIpc) is 2.53. The van der Waals surface area contributed by atoms with E-state index in [9.17, 15) is 4.79 Å². The molecule has 5 nitrogen and oxygen atoms in total. The highest BCUT2D eigenvalue weighted by atomic mass is 16.5. The number of methoxy groups -OCH3 is 1. The highest BCUT2D eigenvalue weighted by Crippen LogP contribution is 2.28. The lowest BCUT2D eigenvalue weighted by molar-refractivity contribution is -0.126. The van der Waals surface area contributed by atoms with E-state index in [-0.39, 0.29) is 17.9 Å². The van der Waals surface area contributed by atoms with Gasteiger partial charge in [-0.2, -0.15) is 0 Å². The third-order valence-electron chi connectivity index (χ3n) is 4.08. The monoisotopic (exact) mass is 306 g/mol. The van der Waals surface area contributed by atoms with Crippen LogP contribution < -0.4 is 20.5 Å². The molecule has 0 radical (unpaired) electrons. The zero-order valence-electron chi connectivity index (χ0n) is 13.4. The second-order valence-electron chi connectivity index (χ2n) is 5.76. The van der Waals surface area contributed by atoms with E-state index < -0.39 is 0 Å². The molecule has 1 saturated carbocycles. The van der Waals surface area contributed by atoms with Gasteiger partial charge in [0, 0.05) is 18.5 Å². The molecular formula is C17H26N2O3. The van der Waals surface area contributed by atoms with Crippen LogP contribution in [0.2, 0.25) is 0 Å². The number of amides is 1. The average molecular weight is 306 g/mol. The zero-order chi connectivity index (χ0) is 15.9. The number of ether oxygens (including phenoxy) is 2. The first-order valence-electron chi connectivity index (χ1n) is 7.97. The molecule has 5 heteroatoms. The summed E-state index contributed by atoms with van der Waals surface area (Å²) in [6.07, 6.45) is 3.79. The van der Waals surface area contributed by atoms with Gasteiger partial charge in [-0.05, 0) is 43.9 Å². The van der Waals surface area contributed by atoms with Crippen molar-refractivity contribution >= 4 is 5.91 Å². The van der Waals surface area contributed by atoms with E-state index in [4.69, 9.17) is 15.2 Å². The van der Waals surface area contributed by atoms with Crippen molar-refractivity contribution < 1.29 is 14.3 Å². The lowest BCUT2D eigenvalue weighted by Gasteiger charge is -2.25. The van der Waals surface area contributed by atoms with Crippen molar-refractivity contribution in [1.29, 1.82) is 0 Å². The summed E-state index contributed by atoms with van der Waals surface area (Å²) in [5.41, 5.74) is 6.94. The Morgan fingerprint density at radius 3 is 2.86 bits per heavy atom. The van der Waals surface area contributed by atoms with Crippen LogP contribution in [-0.2, 0) is 11.3 Å². The Kier molecular flexibility index (Phi) is 6.07. The summed E-state index contributed by atoms with van der Waals surface area (Å²) in [6.45, 7) is 3.00. The second kappa shape index (κ2) is 8.03. The third-order valence-corrected chi connectivity index (χ3v) is 4.08. The van der Waals surface area contributed by atoms with Gasteiger partial charge < -0.3 is 20.5 Å². The molecule has 3 N–H and O–H groups in total. The van der Waals surface area contributed by atoms with Crippen molar-refractivity contribution in [3.63, 3.8) is 0 Å². The highest BCUT2D eigenvalue weighted by Gasteiger charge is 2.25. The molecular weight excluding hydrogens is 280 g/mol. The van der Waals surface area contributed by atoms with Crippen molar-refractivity contribution in [3.05, 3.63) is 23.8 Å². The van der Waals surface area contributed by atoms with Crippen LogP contribution in [0.25, 0.3) is 0 Å². The molecule has 0 aliphatic heterocycles. The zero-order valence-corrected chi connectivity index (χ0v) is 13.4. The van der Waals surface area contributed by atoms with Gasteiger partial charge in [-0.1, -0.05) is 12.5 Å². The minimum absolute atomic E-state index is 0.0494. The van der Waals surface area contributed by atoms with Crippen molar-refractivity contribution in [1.82, 2.24) is 5.32 Å². The molecule has 0 bridgehead atoms. The fraction of sp³-hybridized carbons (Fsp3) is 0.588. The topological polar surface area (TPSA) is 73.6 Å². The van der Waals surface area contributed by atoms with Crippen LogP contribution in [0.5, 0.6) is 11.5 Å². The Morgan fingerprint density at radius 2 is 2.18 bits per heavy atom. The van der Waals surface area contributed by atoms with Crippen molar-refractivity contribution in [2.75, 3.05) is 13.7 Å². The first-order chi connectivity index (χ1) is 10.6. The quantitative estimate of drug-likeness (QED) is 0.845. The molecule has 1 aromatic carbocycles. The number of nitrogens with one attached hydrogen (secondary N) is 1. The largest absolute Gasteiger partial charge is 0.493 e. The number of nitrogens with two attached hydrogens (primary N) is 1. The normalized spacial score (nSPS) is 21.2. The predicted octanol–water partition coefficient (Wildman–Crippen LogP) is 2.23. The van der Waals surface area contributed by atoms with Gasteiger partial charge in [-0.15, -0.1) is 0 Å². The van der Waals surface area contributed by atoms with Crippen LogP contribution in [-0.4, -0.2) is 25.7 Å². The Hall–Kier alpha value is -1.75. The maximum atomic E-state index is 12.2. The van der Waals surface area contributed by atoms with Crippen LogP contribution in [0.1, 0.15) is 38.2 Å². The fourth-order valence-corrected chi connectivity index (χ4v) is 2.90. The first kappa shape index (κ1) is 16.6. The van der Waals surface area contributed by atoms with Crippen molar-refractivity contribution in [2.45, 2.75) is 45.2 Å². The number of carbonyl (C=O) groups is 1. The number of rotatable bonds is 6. The van der Waals surface area contributed by atoms with Crippen LogP contribution in [0.3, 0.4) is 0 Å². The molecule has 0 saturated heterocycles. The summed E-state index contributed by atoms with van der Waals surface area (Å²) < 4.78 is 10.8. The molecule has 122 valence electrons. The summed E-state index contributed by atoms with van der Waals surface area (Å²) in [5.74, 6) is 1.56. The SMILES string of the molecule is CCOc1cc(CNC(=O)C2CCCC(N)C2)ccc1OC. The molecule has 0 heterocycles. The maximum absolute atomic E-state index is 12.2. The Labute approximate surface area is 132 Å². The van der Waals surface area contributed by atoms with Gasteiger partial charge in [0.15, 0.2) is 11.5 Å². The molecule has 1 fully saturated rings. The molecule has 1 amide bonds. The van der Waals surface area contributed by atoms with Gasteiger partial charge in [0.1, 0.15) is 0 Å². The highest BCUT2D eigenvalue weighted by molar-refractivity contribution is 5.78. The molecule has 1 aliphatic carbocycles. The number of hydrogen-bond acceptors (Lipinski definition) is 4. The Bertz CT molecular complexity index is 505. The van der Waals surface area contributed by atoms with E-state index in [1.54, 1.807) is 7.11 Å². The van der Waals surface area contributed by atoms with Crippen molar-refractivity contribution in [2.24, 2.45) is 11.7 Å². The smallest absolute Gasteiger partial charge is 0.223 e. The second-order valence-corrected chi connectivity index (χ2v) is 5.76. The summed E-state index contributed by atoms with van der Waals surface area (Å²) in [4.78, 5) is 12.2. The molecule has 1 aliphatic rings. The van der Waals surface area contributed by atoms with Gasteiger partial charge >= 0.3 is 0 Å². The van der Waals surface area contributed by atoms with Crippen LogP contribution in [0.15, 0.2) is 18.2 Å². The van der Waals surface area contributed by atoms with Crippen molar-refractivity contribution in [3.8, 4) is 11.5 Å². The van der Waals surface area contributed by atoms with Gasteiger partial charge in [0.25, 0.3) is 0 Å². The van der Waals surface area contributed by atoms with Crippen LogP contribution >= 0.6 is 0 Å². The molecule has 2 atom stereocenters. The van der Waals surface area contributed by atoms with E-state index in [2.05, 4.69) is 5.32 Å². The van der Waals surface area contributed by atoms with E-state index in [1.165, 1.54) is 0 Å². The fourth-order valence-electron chi connectivity index (χ4n) is 2.90. The van der Waals surface area contributed by atoms with E-state index in [0.717, 1.165) is 31.2 Å². The minimum Gasteiger partial charge on any atom is -0.493 e. The Balaban J connectivity index is 1.93. The van der Waals surface area contributed by atoms with Gasteiger partial charge in [0.05, 0.1) is 13.7 Å². The lowest BCUT2D eigenvalue weighted by atomic mass is 9.85. The third kappa shape index (κ3) is 4.37. The molecule has 0 aromatic heterocycles. The van der Waals surface area contributed by atoms with E-state index in [1.807, 2.05) is 25.1 Å². The van der Waals surface area contributed by atoms with Gasteiger partial charge in [-0.25, -0.2) is 0 Å². The number of hydrogen-bond donors (Lipinski definition) is 2. The molecule has 0 spiro atoms. The molecule has 2 rings (SSSR count). The molecule has 1 aromatic rings. The summed E-state index contributed by atoms with van der Waals surface area (Å²) in [5, 5.41) is 3.01. The van der Waals surface area contributed by atoms with E-state index in [0.29, 0.717) is 24.7 Å². The number of carbonyl (C=O) groups excluding carboxylic acids is 1. The summed E-state index contributed by atoms with van der Waals surface area (Å²) in [7, 11) is 1.62. The summed E-state index contributed by atoms with van der Waals surface area (Å²) >= 11 is 0. The molecule has 22 heavy (non-hydrogen) atoms. The van der Waals surface area contributed by atoms with Gasteiger partial charge in [0.2, 0.25) is 5.91 Å². The van der Waals surface area contributed by atoms with Crippen LogP contribution in [0.4, 0.5) is 0 Å². The number of benzene rings is 1. The Morgan fingerprint density at radius 1 is 1.36 bits per heavy atom. The van der Waals surface area contributed by atoms with E-state index >= 15 is 0 Å². The van der Waals surface area contributed by atoms with Gasteiger partial charge in [-0.3, -0.25) is 4.79 Å². The standard InChI is InChI=1S/C17H26N2O3/c1-3-22-16-9-12(7-8-15(16)21-2)11-19-17(20)13-5-4-6-14(18)10-13/h7-9,13-14H,3-6,10-11,18H2,1-2H3,(H,19,20). The molecule has 2 unspecified atom stereocenters. The lowest BCUT2D eigenvalue weighted by Crippen LogP contribution is -2.37. The minimum atomic E-state index is 0.0494.